The van der Waals surface area contributed by atoms with Crippen LogP contribution in [0.15, 0.2) is 103 Å². The summed E-state index contributed by atoms with van der Waals surface area (Å²) in [6.07, 6.45) is 0. The summed E-state index contributed by atoms with van der Waals surface area (Å²) in [6, 6.07) is 32.5. The van der Waals surface area contributed by atoms with Gasteiger partial charge in [0.05, 0.1) is 0 Å². The van der Waals surface area contributed by atoms with Gasteiger partial charge in [-0.05, 0) is 71.3 Å². The zero-order valence-electron chi connectivity index (χ0n) is 18.4. The highest BCUT2D eigenvalue weighted by atomic mass is 31.2. The van der Waals surface area contributed by atoms with Crippen LogP contribution in [-0.4, -0.2) is 0 Å². The van der Waals surface area contributed by atoms with E-state index >= 15 is 0 Å². The lowest BCUT2D eigenvalue weighted by Crippen LogP contribution is -2.08. The highest BCUT2D eigenvalue weighted by Crippen LogP contribution is 2.51. The highest BCUT2D eigenvalue weighted by Gasteiger charge is 2.34. The van der Waals surface area contributed by atoms with Crippen LogP contribution in [0.4, 0.5) is 0 Å². The minimum atomic E-state index is -4.08. The van der Waals surface area contributed by atoms with Gasteiger partial charge in [0.25, 0.3) is 0 Å². The van der Waals surface area contributed by atoms with Crippen molar-refractivity contribution in [3.05, 3.63) is 114 Å². The fourth-order valence-corrected chi connectivity index (χ4v) is 5.09. The predicted molar refractivity (Wildman–Crippen MR) is 133 cm³/mol. The lowest BCUT2D eigenvalue weighted by Gasteiger charge is -2.21. The standard InChI is InChI=1S/C28H23O4P/c1-20-11-16-28(21(2)17-20)32-33(29,30-26-14-12-22-7-3-5-9-24(22)18-26)31-27-15-13-23-8-4-6-10-25(23)19-27/h3-19H,1-2H3. The first-order chi connectivity index (χ1) is 16.0. The number of rotatable bonds is 6. The first-order valence-electron chi connectivity index (χ1n) is 10.7. The fraction of sp³-hybridized carbons (Fsp3) is 0.0714. The molecule has 0 saturated heterocycles. The second-order valence-electron chi connectivity index (χ2n) is 8.01. The molecule has 0 N–H and O–H groups in total. The van der Waals surface area contributed by atoms with Gasteiger partial charge in [0.15, 0.2) is 0 Å². The Hall–Kier alpha value is -3.75. The number of benzene rings is 5. The smallest absolute Gasteiger partial charge is 0.386 e. The van der Waals surface area contributed by atoms with Crippen molar-refractivity contribution >= 4 is 29.4 Å². The second kappa shape index (κ2) is 8.65. The zero-order chi connectivity index (χ0) is 22.8. The van der Waals surface area contributed by atoms with Gasteiger partial charge in [-0.25, -0.2) is 0 Å². The molecule has 5 aromatic carbocycles. The van der Waals surface area contributed by atoms with Gasteiger partial charge in [-0.3, -0.25) is 0 Å². The average molecular weight is 454 g/mol. The number of hydrogen-bond donors (Lipinski definition) is 0. The molecule has 0 aliphatic heterocycles. The van der Waals surface area contributed by atoms with E-state index in [1.807, 2.05) is 98.8 Å². The van der Waals surface area contributed by atoms with Gasteiger partial charge in [-0.2, -0.15) is 4.57 Å². The maximum Gasteiger partial charge on any atom is 0.647 e. The molecular formula is C28H23O4P. The molecule has 0 aliphatic carbocycles. The molecule has 0 heterocycles. The van der Waals surface area contributed by atoms with Crippen molar-refractivity contribution in [1.29, 1.82) is 0 Å². The summed E-state index contributed by atoms with van der Waals surface area (Å²) < 4.78 is 31.7. The maximum absolute atomic E-state index is 14.0. The number of phosphoric acid groups is 1. The van der Waals surface area contributed by atoms with Crippen molar-refractivity contribution < 1.29 is 18.1 Å². The van der Waals surface area contributed by atoms with Crippen LogP contribution < -0.4 is 13.6 Å². The SMILES string of the molecule is Cc1ccc(OP(=O)(Oc2ccc3ccccc3c2)Oc2ccc3ccccc3c2)c(C)c1. The molecule has 5 heteroatoms. The van der Waals surface area contributed by atoms with Gasteiger partial charge in [0.1, 0.15) is 17.2 Å². The van der Waals surface area contributed by atoms with Gasteiger partial charge in [0, 0.05) is 0 Å². The number of fused-ring (bicyclic) bond motifs is 2. The predicted octanol–water partition coefficient (Wildman–Crippen LogP) is 8.25. The van der Waals surface area contributed by atoms with Crippen molar-refractivity contribution in [3.8, 4) is 17.2 Å². The van der Waals surface area contributed by atoms with Crippen molar-refractivity contribution in [2.24, 2.45) is 0 Å². The van der Waals surface area contributed by atoms with Crippen LogP contribution in [0.25, 0.3) is 21.5 Å². The molecule has 0 aliphatic rings. The molecule has 0 saturated carbocycles. The Morgan fingerprint density at radius 2 is 1.06 bits per heavy atom. The molecule has 33 heavy (non-hydrogen) atoms. The summed E-state index contributed by atoms with van der Waals surface area (Å²) in [5.41, 5.74) is 1.93. The van der Waals surface area contributed by atoms with Crippen LogP contribution in [0, 0.1) is 13.8 Å². The third kappa shape index (κ3) is 4.72. The quantitative estimate of drug-likeness (QED) is 0.242. The molecule has 0 amide bonds. The van der Waals surface area contributed by atoms with Crippen LogP contribution in [0.1, 0.15) is 11.1 Å². The van der Waals surface area contributed by atoms with Crippen molar-refractivity contribution in [3.63, 3.8) is 0 Å². The third-order valence-electron chi connectivity index (χ3n) is 5.42. The Labute approximate surface area is 193 Å². The number of aryl methyl sites for hydroxylation is 2. The highest BCUT2D eigenvalue weighted by molar-refractivity contribution is 7.49. The molecule has 0 radical (unpaired) electrons. The molecule has 4 nitrogen and oxygen atoms in total. The normalized spacial score (nSPS) is 11.5. The van der Waals surface area contributed by atoms with E-state index in [4.69, 9.17) is 13.6 Å². The van der Waals surface area contributed by atoms with Gasteiger partial charge in [0.2, 0.25) is 0 Å². The van der Waals surface area contributed by atoms with E-state index in [0.29, 0.717) is 17.2 Å². The van der Waals surface area contributed by atoms with Gasteiger partial charge >= 0.3 is 7.82 Å². The Bertz CT molecular complexity index is 1420. The zero-order valence-corrected chi connectivity index (χ0v) is 19.3. The molecule has 0 fully saturated rings. The average Bonchev–Trinajstić information content (AvgIpc) is 2.81. The van der Waals surface area contributed by atoms with E-state index in [2.05, 4.69) is 0 Å². The molecule has 5 aromatic rings. The molecule has 0 bridgehead atoms. The van der Waals surface area contributed by atoms with Crippen LogP contribution in [0.5, 0.6) is 17.2 Å². The first-order valence-corrected chi connectivity index (χ1v) is 12.2. The van der Waals surface area contributed by atoms with Crippen LogP contribution in [0.2, 0.25) is 0 Å². The molecule has 0 spiro atoms. The summed E-state index contributed by atoms with van der Waals surface area (Å²) in [7, 11) is -4.08. The molecule has 0 unspecified atom stereocenters. The van der Waals surface area contributed by atoms with Crippen molar-refractivity contribution in [1.82, 2.24) is 0 Å². The van der Waals surface area contributed by atoms with Crippen LogP contribution in [-0.2, 0) is 4.57 Å². The third-order valence-corrected chi connectivity index (χ3v) is 6.71. The first kappa shape index (κ1) is 21.1. The molecule has 164 valence electrons. The number of hydrogen-bond acceptors (Lipinski definition) is 4. The Balaban J connectivity index is 1.52. The lowest BCUT2D eigenvalue weighted by molar-refractivity contribution is 0.298. The van der Waals surface area contributed by atoms with E-state index in [0.717, 1.165) is 32.7 Å². The fourth-order valence-electron chi connectivity index (χ4n) is 3.78. The Morgan fingerprint density at radius 3 is 1.58 bits per heavy atom. The summed E-state index contributed by atoms with van der Waals surface area (Å²) in [5.74, 6) is 1.26. The minimum absolute atomic E-state index is 0.405. The minimum Gasteiger partial charge on any atom is -0.386 e. The molecule has 0 atom stereocenters. The Kier molecular flexibility index (Phi) is 5.53. The van der Waals surface area contributed by atoms with Gasteiger partial charge < -0.3 is 13.6 Å². The summed E-state index contributed by atoms with van der Waals surface area (Å²) in [6.45, 7) is 3.90. The monoisotopic (exact) mass is 454 g/mol. The van der Waals surface area contributed by atoms with Crippen molar-refractivity contribution in [2.45, 2.75) is 13.8 Å². The number of phosphoric ester groups is 1. The van der Waals surface area contributed by atoms with Crippen LogP contribution >= 0.6 is 7.82 Å². The second-order valence-corrected chi connectivity index (χ2v) is 9.45. The van der Waals surface area contributed by atoms with Crippen molar-refractivity contribution in [2.75, 3.05) is 0 Å². The van der Waals surface area contributed by atoms with E-state index in [1.54, 1.807) is 18.2 Å². The Morgan fingerprint density at radius 1 is 0.545 bits per heavy atom. The maximum atomic E-state index is 14.0. The summed E-state index contributed by atoms with van der Waals surface area (Å²) in [5, 5.41) is 4.06. The molecule has 5 rings (SSSR count). The van der Waals surface area contributed by atoms with Gasteiger partial charge in [-0.15, -0.1) is 0 Å². The van der Waals surface area contributed by atoms with E-state index in [1.165, 1.54) is 0 Å². The van der Waals surface area contributed by atoms with Gasteiger partial charge in [-0.1, -0.05) is 78.4 Å². The lowest BCUT2D eigenvalue weighted by atomic mass is 10.1. The van der Waals surface area contributed by atoms with Crippen LogP contribution in [0.3, 0.4) is 0 Å². The topological polar surface area (TPSA) is 44.8 Å². The summed E-state index contributed by atoms with van der Waals surface area (Å²) in [4.78, 5) is 0. The van der Waals surface area contributed by atoms with E-state index in [-0.39, 0.29) is 0 Å². The van der Waals surface area contributed by atoms with E-state index in [9.17, 15) is 4.57 Å². The van der Waals surface area contributed by atoms with E-state index < -0.39 is 7.82 Å². The molecule has 0 aromatic heterocycles. The molecular weight excluding hydrogens is 431 g/mol. The summed E-state index contributed by atoms with van der Waals surface area (Å²) >= 11 is 0. The largest absolute Gasteiger partial charge is 0.647 e.